The predicted octanol–water partition coefficient (Wildman–Crippen LogP) is 3.73. The van der Waals surface area contributed by atoms with E-state index >= 15 is 0 Å². The van der Waals surface area contributed by atoms with Crippen molar-refractivity contribution in [1.82, 2.24) is 0 Å². The summed E-state index contributed by atoms with van der Waals surface area (Å²) >= 11 is 0. The average molecular weight is 345 g/mol. The second-order valence-electron chi connectivity index (χ2n) is 7.11. The fourth-order valence-corrected chi connectivity index (χ4v) is 4.79. The number of carbonyl (C=O) groups excluding carboxylic acids is 1. The number of carbonyl (C=O) groups is 1. The minimum absolute atomic E-state index is 0.0659. The summed E-state index contributed by atoms with van der Waals surface area (Å²) in [5, 5.41) is 0. The van der Waals surface area contributed by atoms with Crippen molar-refractivity contribution >= 4 is 11.9 Å². The molecule has 4 nitrogen and oxygen atoms in total. The van der Waals surface area contributed by atoms with Crippen LogP contribution >= 0.6 is 0 Å². The highest BCUT2D eigenvalue weighted by molar-refractivity contribution is 6.09. The summed E-state index contributed by atoms with van der Waals surface area (Å²) in [5.74, 6) is 1.25. The van der Waals surface area contributed by atoms with E-state index in [4.69, 9.17) is 14.5 Å². The molecule has 1 fully saturated rings. The molecule has 5 rings (SSSR count). The van der Waals surface area contributed by atoms with Crippen LogP contribution in [0.2, 0.25) is 0 Å². The maximum Gasteiger partial charge on any atom is 0.342 e. The van der Waals surface area contributed by atoms with Crippen molar-refractivity contribution in [3.05, 3.63) is 77.9 Å². The van der Waals surface area contributed by atoms with E-state index < -0.39 is 5.54 Å². The van der Waals surface area contributed by atoms with E-state index in [1.807, 2.05) is 54.6 Å². The first-order valence-electron chi connectivity index (χ1n) is 8.93. The molecule has 2 bridgehead atoms. The minimum atomic E-state index is -0.890. The fourth-order valence-electron chi connectivity index (χ4n) is 4.79. The standard InChI is InChI=1S/C22H19NO3/c1-25-18-10-6-5-9-17(18)19-15-11-12-16(13-15)22(19)21(24)26-20(23-22)14-7-3-2-4-8-14/h2-12,15-16,19H,13H2,1H3/t15?,16?,19-,22-/m1/s1. The molecule has 2 aromatic carbocycles. The van der Waals surface area contributed by atoms with Crippen LogP contribution in [-0.2, 0) is 9.53 Å². The van der Waals surface area contributed by atoms with E-state index in [1.54, 1.807) is 7.11 Å². The number of allylic oxidation sites excluding steroid dienone is 1. The number of hydrogen-bond acceptors (Lipinski definition) is 4. The third-order valence-electron chi connectivity index (χ3n) is 5.88. The van der Waals surface area contributed by atoms with Gasteiger partial charge in [0.15, 0.2) is 5.54 Å². The van der Waals surface area contributed by atoms with Crippen molar-refractivity contribution in [2.45, 2.75) is 17.9 Å². The number of benzene rings is 2. The van der Waals surface area contributed by atoms with Gasteiger partial charge in [-0.1, -0.05) is 48.6 Å². The average Bonchev–Trinajstić information content (AvgIpc) is 3.37. The molecule has 0 radical (unpaired) electrons. The van der Waals surface area contributed by atoms with Crippen molar-refractivity contribution in [2.75, 3.05) is 7.11 Å². The van der Waals surface area contributed by atoms with Gasteiger partial charge in [0.2, 0.25) is 5.90 Å². The van der Waals surface area contributed by atoms with Crippen molar-refractivity contribution in [1.29, 1.82) is 0 Å². The van der Waals surface area contributed by atoms with Gasteiger partial charge in [0.25, 0.3) is 0 Å². The molecule has 1 heterocycles. The number of nitrogens with zero attached hydrogens (tertiary/aromatic N) is 1. The van der Waals surface area contributed by atoms with E-state index in [0.29, 0.717) is 5.90 Å². The molecule has 2 aliphatic carbocycles. The maximum atomic E-state index is 13.1. The second-order valence-corrected chi connectivity index (χ2v) is 7.11. The van der Waals surface area contributed by atoms with Gasteiger partial charge >= 0.3 is 5.97 Å². The molecule has 2 unspecified atom stereocenters. The Morgan fingerprint density at radius 2 is 1.85 bits per heavy atom. The Labute approximate surface area is 152 Å². The Balaban J connectivity index is 1.68. The number of methoxy groups -OCH3 is 1. The van der Waals surface area contributed by atoms with Crippen LogP contribution in [0.25, 0.3) is 0 Å². The van der Waals surface area contributed by atoms with Gasteiger partial charge in [-0.25, -0.2) is 9.79 Å². The number of aliphatic imine (C=N–C) groups is 1. The minimum Gasteiger partial charge on any atom is -0.496 e. The molecule has 1 aliphatic heterocycles. The van der Waals surface area contributed by atoms with E-state index in [2.05, 4.69) is 12.2 Å². The lowest BCUT2D eigenvalue weighted by Gasteiger charge is -2.33. The van der Waals surface area contributed by atoms with E-state index in [-0.39, 0.29) is 23.7 Å². The first-order valence-corrected chi connectivity index (χ1v) is 8.93. The highest BCUT2D eigenvalue weighted by atomic mass is 16.6. The van der Waals surface area contributed by atoms with Crippen LogP contribution in [0.15, 0.2) is 71.7 Å². The Bertz CT molecular complexity index is 933. The number of rotatable bonds is 3. The first-order chi connectivity index (χ1) is 12.7. The molecular formula is C22H19NO3. The second kappa shape index (κ2) is 5.56. The van der Waals surface area contributed by atoms with Crippen LogP contribution in [0.3, 0.4) is 0 Å². The number of para-hydroxylation sites is 1. The Morgan fingerprint density at radius 3 is 2.65 bits per heavy atom. The first kappa shape index (κ1) is 15.4. The quantitative estimate of drug-likeness (QED) is 0.629. The van der Waals surface area contributed by atoms with Crippen molar-refractivity contribution in [3.63, 3.8) is 0 Å². The third-order valence-corrected chi connectivity index (χ3v) is 5.88. The Hall–Kier alpha value is -2.88. The van der Waals surface area contributed by atoms with Gasteiger partial charge in [0, 0.05) is 23.0 Å². The molecule has 0 aromatic heterocycles. The van der Waals surface area contributed by atoms with Gasteiger partial charge in [0.1, 0.15) is 5.75 Å². The zero-order chi connectivity index (χ0) is 17.7. The summed E-state index contributed by atoms with van der Waals surface area (Å²) in [4.78, 5) is 18.1. The third kappa shape index (κ3) is 1.96. The molecule has 2 aromatic rings. The van der Waals surface area contributed by atoms with E-state index in [1.165, 1.54) is 0 Å². The number of fused-ring (bicyclic) bond motifs is 3. The lowest BCUT2D eigenvalue weighted by atomic mass is 9.72. The summed E-state index contributed by atoms with van der Waals surface area (Å²) in [6.07, 6.45) is 5.27. The van der Waals surface area contributed by atoms with Crippen molar-refractivity contribution in [3.8, 4) is 5.75 Å². The van der Waals surface area contributed by atoms with Crippen LogP contribution in [0.5, 0.6) is 5.75 Å². The zero-order valence-corrected chi connectivity index (χ0v) is 14.5. The smallest absolute Gasteiger partial charge is 0.342 e. The van der Waals surface area contributed by atoms with Crippen molar-refractivity contribution in [2.24, 2.45) is 16.8 Å². The molecule has 0 amide bonds. The van der Waals surface area contributed by atoms with Gasteiger partial charge < -0.3 is 9.47 Å². The van der Waals surface area contributed by atoms with Crippen molar-refractivity contribution < 1.29 is 14.3 Å². The summed E-state index contributed by atoms with van der Waals surface area (Å²) in [7, 11) is 1.67. The summed E-state index contributed by atoms with van der Waals surface area (Å²) < 4.78 is 11.3. The van der Waals surface area contributed by atoms with Crippen LogP contribution < -0.4 is 4.74 Å². The Morgan fingerprint density at radius 1 is 1.08 bits per heavy atom. The molecule has 0 saturated heterocycles. The lowest BCUT2D eigenvalue weighted by Crippen LogP contribution is -2.44. The molecule has 1 saturated carbocycles. The van der Waals surface area contributed by atoms with Gasteiger partial charge in [-0.3, -0.25) is 0 Å². The monoisotopic (exact) mass is 345 g/mol. The summed E-state index contributed by atoms with van der Waals surface area (Å²) in [6.45, 7) is 0. The molecule has 1 spiro atoms. The van der Waals surface area contributed by atoms with Gasteiger partial charge in [-0.15, -0.1) is 0 Å². The SMILES string of the molecule is COc1ccccc1[C@H]1C2C=CC(C2)[C@@]12N=C(c1ccccc1)OC2=O. The molecule has 130 valence electrons. The van der Waals surface area contributed by atoms with Crippen LogP contribution in [0.4, 0.5) is 0 Å². The molecule has 4 atom stereocenters. The van der Waals surface area contributed by atoms with Crippen LogP contribution in [0, 0.1) is 11.8 Å². The topological polar surface area (TPSA) is 47.9 Å². The largest absolute Gasteiger partial charge is 0.496 e. The number of ether oxygens (including phenoxy) is 2. The van der Waals surface area contributed by atoms with Gasteiger partial charge in [-0.05, 0) is 30.5 Å². The van der Waals surface area contributed by atoms with E-state index in [9.17, 15) is 4.79 Å². The van der Waals surface area contributed by atoms with Gasteiger partial charge in [0.05, 0.1) is 7.11 Å². The molecule has 26 heavy (non-hydrogen) atoms. The molecule has 3 aliphatic rings. The fraction of sp³-hybridized carbons (Fsp3) is 0.273. The highest BCUT2D eigenvalue weighted by Gasteiger charge is 2.65. The number of hydrogen-bond donors (Lipinski definition) is 0. The predicted molar refractivity (Wildman–Crippen MR) is 98.3 cm³/mol. The van der Waals surface area contributed by atoms with Gasteiger partial charge in [-0.2, -0.15) is 0 Å². The molecule has 0 N–H and O–H groups in total. The molecule has 4 heteroatoms. The molecular weight excluding hydrogens is 326 g/mol. The zero-order valence-electron chi connectivity index (χ0n) is 14.5. The summed E-state index contributed by atoms with van der Waals surface area (Å²) in [5.41, 5.74) is 0.976. The normalized spacial score (nSPS) is 31.3. The maximum absolute atomic E-state index is 13.1. The Kier molecular flexibility index (Phi) is 3.29. The van der Waals surface area contributed by atoms with Crippen LogP contribution in [-0.4, -0.2) is 24.5 Å². The van der Waals surface area contributed by atoms with E-state index in [0.717, 1.165) is 23.3 Å². The lowest BCUT2D eigenvalue weighted by molar-refractivity contribution is -0.140. The summed E-state index contributed by atoms with van der Waals surface area (Å²) in [6, 6.07) is 17.6. The number of cyclic esters (lactones) is 1. The number of esters is 1. The highest BCUT2D eigenvalue weighted by Crippen LogP contribution is 2.60. The van der Waals surface area contributed by atoms with Crippen LogP contribution in [0.1, 0.15) is 23.5 Å².